The number of benzene rings is 3. The normalized spacial score (nSPS) is 21.9. The van der Waals surface area contributed by atoms with Crippen LogP contribution in [0.3, 0.4) is 0 Å². The fourth-order valence-corrected chi connectivity index (χ4v) is 6.53. The van der Waals surface area contributed by atoms with Crippen molar-refractivity contribution in [2.45, 2.75) is 18.0 Å². The number of fused-ring (bicyclic) bond motifs is 5. The number of nitrogens with zero attached hydrogens (tertiary/aromatic N) is 3. The number of hydrogen-bond donors (Lipinski definition) is 0. The van der Waals surface area contributed by atoms with Gasteiger partial charge in [0.15, 0.2) is 11.2 Å². The molecule has 4 nitrogen and oxygen atoms in total. The average Bonchev–Trinajstić information content (AvgIpc) is 3.53. The lowest BCUT2D eigenvalue weighted by atomic mass is 9.71. The van der Waals surface area contributed by atoms with Crippen molar-refractivity contribution in [3.63, 3.8) is 0 Å². The van der Waals surface area contributed by atoms with Crippen LogP contribution in [0.2, 0.25) is 0 Å². The highest BCUT2D eigenvalue weighted by Crippen LogP contribution is 2.56. The molecule has 0 aliphatic carbocycles. The van der Waals surface area contributed by atoms with Gasteiger partial charge in [0.2, 0.25) is 0 Å². The predicted octanol–water partition coefficient (Wildman–Crippen LogP) is 6.19. The molecule has 1 saturated heterocycles. The molecular formula is C29H19N3OS. The summed E-state index contributed by atoms with van der Waals surface area (Å²) in [6, 6.07) is 28.8. The largest absolute Gasteiger partial charge is 0.351 e. The van der Waals surface area contributed by atoms with Gasteiger partial charge in [-0.2, -0.15) is 10.5 Å². The summed E-state index contributed by atoms with van der Waals surface area (Å²) in [6.45, 7) is 0. The minimum absolute atomic E-state index is 0.0780. The van der Waals surface area contributed by atoms with Crippen molar-refractivity contribution in [2.75, 3.05) is 4.90 Å². The SMILES string of the molecule is N#CC1(C#N)[C@H](c2cccs2)[C@@H](C(=O)c2ccccc2)N2c3ccc4ccccc4c3C=C[C@@H]21. The fourth-order valence-electron chi connectivity index (χ4n) is 5.60. The molecule has 2 aliphatic rings. The van der Waals surface area contributed by atoms with Crippen molar-refractivity contribution >= 4 is 39.7 Å². The third-order valence-corrected chi connectivity index (χ3v) is 8.05. The summed E-state index contributed by atoms with van der Waals surface area (Å²) in [7, 11) is 0. The van der Waals surface area contributed by atoms with Crippen LogP contribution in [0.5, 0.6) is 0 Å². The molecule has 162 valence electrons. The third kappa shape index (κ3) is 2.71. The minimum atomic E-state index is -1.40. The van der Waals surface area contributed by atoms with E-state index in [2.05, 4.69) is 24.3 Å². The molecule has 5 heteroatoms. The number of nitriles is 2. The van der Waals surface area contributed by atoms with E-state index in [4.69, 9.17) is 0 Å². The summed E-state index contributed by atoms with van der Waals surface area (Å²) in [4.78, 5) is 17.0. The maximum absolute atomic E-state index is 14.1. The highest BCUT2D eigenvalue weighted by molar-refractivity contribution is 7.10. The Morgan fingerprint density at radius 2 is 1.68 bits per heavy atom. The maximum Gasteiger partial charge on any atom is 0.185 e. The Bertz CT molecular complexity index is 1510. The molecule has 0 radical (unpaired) electrons. The van der Waals surface area contributed by atoms with E-state index in [0.717, 1.165) is 26.9 Å². The first-order valence-corrected chi connectivity index (χ1v) is 12.0. The topological polar surface area (TPSA) is 67.9 Å². The zero-order valence-corrected chi connectivity index (χ0v) is 18.9. The van der Waals surface area contributed by atoms with E-state index in [1.807, 2.05) is 89.2 Å². The van der Waals surface area contributed by atoms with Crippen molar-refractivity contribution in [1.29, 1.82) is 10.5 Å². The standard InChI is InChI=1S/C29H19N3OS/c30-17-29(18-31)25-15-13-22-21-10-5-4-7-19(21)12-14-23(22)32(25)27(26(29)24-11-6-16-34-24)28(33)20-8-2-1-3-9-20/h1-16,25-27H/t25-,26-,27+/m1/s1. The lowest BCUT2D eigenvalue weighted by Gasteiger charge is -2.36. The van der Waals surface area contributed by atoms with Crippen LogP contribution >= 0.6 is 11.3 Å². The number of anilines is 1. The van der Waals surface area contributed by atoms with Gasteiger partial charge in [0.25, 0.3) is 0 Å². The molecule has 6 rings (SSSR count). The molecule has 1 aromatic heterocycles. The summed E-state index contributed by atoms with van der Waals surface area (Å²) in [5.41, 5.74) is 1.07. The van der Waals surface area contributed by atoms with E-state index in [-0.39, 0.29) is 5.78 Å². The minimum Gasteiger partial charge on any atom is -0.351 e. The van der Waals surface area contributed by atoms with Crippen LogP contribution in [-0.2, 0) is 0 Å². The summed E-state index contributed by atoms with van der Waals surface area (Å²) in [6.07, 6.45) is 3.96. The molecule has 0 unspecified atom stereocenters. The Morgan fingerprint density at radius 3 is 2.41 bits per heavy atom. The van der Waals surface area contributed by atoms with Gasteiger partial charge in [-0.05, 0) is 28.3 Å². The van der Waals surface area contributed by atoms with Gasteiger partial charge >= 0.3 is 0 Å². The highest BCUT2D eigenvalue weighted by Gasteiger charge is 2.63. The highest BCUT2D eigenvalue weighted by atomic mass is 32.1. The van der Waals surface area contributed by atoms with Crippen molar-refractivity contribution in [2.24, 2.45) is 5.41 Å². The molecule has 0 N–H and O–H groups in total. The van der Waals surface area contributed by atoms with E-state index in [0.29, 0.717) is 5.56 Å². The van der Waals surface area contributed by atoms with Crippen LogP contribution in [0.1, 0.15) is 26.7 Å². The van der Waals surface area contributed by atoms with E-state index < -0.39 is 23.4 Å². The average molecular weight is 458 g/mol. The van der Waals surface area contributed by atoms with Gasteiger partial charge < -0.3 is 4.90 Å². The zero-order chi connectivity index (χ0) is 23.3. The van der Waals surface area contributed by atoms with Crippen LogP contribution in [0.25, 0.3) is 16.8 Å². The van der Waals surface area contributed by atoms with E-state index in [1.54, 1.807) is 0 Å². The second kappa shape index (κ2) is 7.70. The molecule has 4 aromatic rings. The third-order valence-electron chi connectivity index (χ3n) is 7.09. The lowest BCUT2D eigenvalue weighted by molar-refractivity contribution is 0.0951. The fraction of sp³-hybridized carbons (Fsp3) is 0.138. The van der Waals surface area contributed by atoms with Gasteiger partial charge in [0, 0.05) is 21.7 Å². The predicted molar refractivity (Wildman–Crippen MR) is 135 cm³/mol. The maximum atomic E-state index is 14.1. The molecule has 0 bridgehead atoms. The molecule has 2 aliphatic heterocycles. The van der Waals surface area contributed by atoms with Gasteiger partial charge in [-0.15, -0.1) is 11.3 Å². The molecule has 0 spiro atoms. The number of ketones is 1. The number of carbonyl (C=O) groups is 1. The van der Waals surface area contributed by atoms with Gasteiger partial charge in [0.05, 0.1) is 24.1 Å². The van der Waals surface area contributed by atoms with Crippen LogP contribution in [0.4, 0.5) is 5.69 Å². The number of rotatable bonds is 3. The van der Waals surface area contributed by atoms with Gasteiger partial charge in [-0.3, -0.25) is 4.79 Å². The van der Waals surface area contributed by atoms with Gasteiger partial charge in [-0.1, -0.05) is 78.9 Å². The second-order valence-corrected chi connectivity index (χ2v) is 9.67. The van der Waals surface area contributed by atoms with Gasteiger partial charge in [-0.25, -0.2) is 0 Å². The molecular weight excluding hydrogens is 438 g/mol. The zero-order valence-electron chi connectivity index (χ0n) is 18.1. The first-order chi connectivity index (χ1) is 16.7. The summed E-state index contributed by atoms with van der Waals surface area (Å²) >= 11 is 1.49. The quantitative estimate of drug-likeness (QED) is 0.344. The number of hydrogen-bond acceptors (Lipinski definition) is 5. The monoisotopic (exact) mass is 457 g/mol. The smallest absolute Gasteiger partial charge is 0.185 e. The van der Waals surface area contributed by atoms with Gasteiger partial charge in [0.1, 0.15) is 6.04 Å². The molecule has 34 heavy (non-hydrogen) atoms. The Hall–Kier alpha value is -4.19. The van der Waals surface area contributed by atoms with Crippen molar-refractivity contribution in [1.82, 2.24) is 0 Å². The van der Waals surface area contributed by atoms with Crippen molar-refractivity contribution < 1.29 is 4.79 Å². The molecule has 1 fully saturated rings. The van der Waals surface area contributed by atoms with E-state index in [1.165, 1.54) is 11.3 Å². The van der Waals surface area contributed by atoms with Crippen LogP contribution in [-0.4, -0.2) is 17.9 Å². The Morgan fingerprint density at radius 1 is 0.912 bits per heavy atom. The summed E-state index contributed by atoms with van der Waals surface area (Å²) in [5, 5.41) is 25.1. The molecule has 3 atom stereocenters. The van der Waals surface area contributed by atoms with Crippen LogP contribution in [0.15, 0.2) is 90.3 Å². The first kappa shape index (κ1) is 20.4. The summed E-state index contributed by atoms with van der Waals surface area (Å²) in [5.74, 6) is -0.659. The second-order valence-electron chi connectivity index (χ2n) is 8.69. The number of Topliss-reactive ketones (excluding diaryl/α,β-unsaturated/α-hetero) is 1. The van der Waals surface area contributed by atoms with Crippen molar-refractivity contribution in [3.05, 3.63) is 106 Å². The van der Waals surface area contributed by atoms with Crippen LogP contribution < -0.4 is 4.90 Å². The van der Waals surface area contributed by atoms with Crippen molar-refractivity contribution in [3.8, 4) is 12.1 Å². The Kier molecular flexibility index (Phi) is 4.62. The first-order valence-electron chi connectivity index (χ1n) is 11.1. The summed E-state index contributed by atoms with van der Waals surface area (Å²) < 4.78 is 0. The number of carbonyl (C=O) groups excluding carboxylic acids is 1. The molecule has 0 saturated carbocycles. The Balaban J connectivity index is 1.64. The lowest BCUT2D eigenvalue weighted by Crippen LogP contribution is -2.44. The van der Waals surface area contributed by atoms with E-state index >= 15 is 0 Å². The van der Waals surface area contributed by atoms with E-state index in [9.17, 15) is 15.3 Å². The number of thiophene rings is 1. The molecule has 3 aromatic carbocycles. The molecule has 0 amide bonds. The Labute approximate surface area is 201 Å². The van der Waals surface area contributed by atoms with Crippen LogP contribution in [0, 0.1) is 28.1 Å². The molecule has 3 heterocycles.